The summed E-state index contributed by atoms with van der Waals surface area (Å²) < 4.78 is 4.47. The van der Waals surface area contributed by atoms with Gasteiger partial charge in [-0.3, -0.25) is 5.41 Å². The van der Waals surface area contributed by atoms with Crippen LogP contribution in [0.4, 0.5) is 0 Å². The molecule has 0 bridgehead atoms. The summed E-state index contributed by atoms with van der Waals surface area (Å²) in [6.07, 6.45) is 0. The molecule has 0 saturated carbocycles. The van der Waals surface area contributed by atoms with Gasteiger partial charge in [0.25, 0.3) is 5.76 Å². The van der Waals surface area contributed by atoms with Gasteiger partial charge in [-0.05, 0) is 6.92 Å². The van der Waals surface area contributed by atoms with Gasteiger partial charge < -0.3 is 9.84 Å². The van der Waals surface area contributed by atoms with E-state index in [9.17, 15) is 4.79 Å². The van der Waals surface area contributed by atoms with Crippen molar-refractivity contribution in [2.45, 2.75) is 6.92 Å². The molecular formula is C5H8ClNO3. The van der Waals surface area contributed by atoms with Crippen molar-refractivity contribution in [3.8, 4) is 0 Å². The number of nitrogens with one attached hydrogen (secondary N) is 1. The standard InChI is InChI=1S/C5H7NO3.ClH/c1-2-9-4(3-6)5(7)8;/h6H,2H2,1H3,(H,7,8);1H. The molecule has 2 N–H and O–H groups in total. The van der Waals surface area contributed by atoms with Crippen molar-refractivity contribution in [2.75, 3.05) is 6.61 Å². The van der Waals surface area contributed by atoms with Gasteiger partial charge in [-0.2, -0.15) is 0 Å². The van der Waals surface area contributed by atoms with Crippen LogP contribution in [0.1, 0.15) is 6.92 Å². The number of hydrogen-bond acceptors (Lipinski definition) is 3. The predicted molar refractivity (Wildman–Crippen MR) is 37.7 cm³/mol. The maximum Gasteiger partial charge on any atom is 0.381 e. The first-order valence-electron chi connectivity index (χ1n) is 2.38. The molecule has 0 aliphatic rings. The van der Waals surface area contributed by atoms with Crippen molar-refractivity contribution in [2.24, 2.45) is 0 Å². The quantitative estimate of drug-likeness (QED) is 0.367. The van der Waals surface area contributed by atoms with E-state index in [1.54, 1.807) is 12.8 Å². The first-order chi connectivity index (χ1) is 4.22. The fourth-order valence-electron chi connectivity index (χ4n) is 0.296. The fraction of sp³-hybridized carbons (Fsp3) is 0.400. The lowest BCUT2D eigenvalue weighted by Crippen LogP contribution is -2.04. The Labute approximate surface area is 64.4 Å². The van der Waals surface area contributed by atoms with Crippen LogP contribution in [0, 0.1) is 5.41 Å². The summed E-state index contributed by atoms with van der Waals surface area (Å²) >= 11 is 0. The summed E-state index contributed by atoms with van der Waals surface area (Å²) in [4.78, 5) is 9.98. The Kier molecular flexibility index (Phi) is 7.22. The van der Waals surface area contributed by atoms with E-state index >= 15 is 0 Å². The maximum absolute atomic E-state index is 9.98. The Morgan fingerprint density at radius 1 is 1.80 bits per heavy atom. The van der Waals surface area contributed by atoms with Gasteiger partial charge in [0.1, 0.15) is 0 Å². The van der Waals surface area contributed by atoms with Crippen molar-refractivity contribution in [3.63, 3.8) is 0 Å². The van der Waals surface area contributed by atoms with E-state index in [2.05, 4.69) is 4.74 Å². The molecular weight excluding hydrogens is 158 g/mol. The normalized spacial score (nSPS) is 6.90. The molecule has 0 heterocycles. The fourth-order valence-corrected chi connectivity index (χ4v) is 0.296. The van der Waals surface area contributed by atoms with E-state index in [4.69, 9.17) is 10.5 Å². The van der Waals surface area contributed by atoms with Crippen LogP contribution in [-0.4, -0.2) is 23.6 Å². The Bertz CT molecular complexity index is 162. The molecule has 0 rings (SSSR count). The van der Waals surface area contributed by atoms with Gasteiger partial charge in [0.05, 0.1) is 6.61 Å². The summed E-state index contributed by atoms with van der Waals surface area (Å²) in [7, 11) is 0. The summed E-state index contributed by atoms with van der Waals surface area (Å²) in [5.74, 6) is -0.0570. The molecule has 0 aromatic carbocycles. The number of carboxylic acid groups (broad SMARTS) is 1. The minimum Gasteiger partial charge on any atom is -0.480 e. The summed E-state index contributed by atoms with van der Waals surface area (Å²) in [6, 6.07) is 0. The van der Waals surface area contributed by atoms with Gasteiger partial charge in [-0.15, -0.1) is 12.4 Å². The second kappa shape index (κ2) is 6.13. The molecule has 0 fully saturated rings. The van der Waals surface area contributed by atoms with Crippen LogP contribution in [0.2, 0.25) is 0 Å². The molecule has 0 aromatic heterocycles. The van der Waals surface area contributed by atoms with Gasteiger partial charge >= 0.3 is 5.97 Å². The highest BCUT2D eigenvalue weighted by Crippen LogP contribution is 1.89. The van der Waals surface area contributed by atoms with Crippen molar-refractivity contribution in [3.05, 3.63) is 5.76 Å². The second-order valence-corrected chi connectivity index (χ2v) is 1.19. The maximum atomic E-state index is 9.98. The first kappa shape index (κ1) is 11.8. The average Bonchev–Trinajstić information content (AvgIpc) is 1.82. The molecule has 0 amide bonds. The highest BCUT2D eigenvalue weighted by Gasteiger charge is 2.05. The number of rotatable bonds is 3. The second-order valence-electron chi connectivity index (χ2n) is 1.19. The number of aliphatic carboxylic acids is 1. The summed E-state index contributed by atoms with van der Waals surface area (Å²) in [5, 5.41) is 14.6. The summed E-state index contributed by atoms with van der Waals surface area (Å²) in [6.45, 7) is 1.88. The monoisotopic (exact) mass is 165 g/mol. The Morgan fingerprint density at radius 3 is 2.40 bits per heavy atom. The van der Waals surface area contributed by atoms with Crippen LogP contribution >= 0.6 is 12.4 Å². The number of carboxylic acids is 1. The third kappa shape index (κ3) is 3.95. The van der Waals surface area contributed by atoms with Crippen LogP contribution in [0.3, 0.4) is 0 Å². The number of carbonyl (C=O) groups is 1. The van der Waals surface area contributed by atoms with E-state index < -0.39 is 11.7 Å². The Balaban J connectivity index is 0. The molecule has 0 aliphatic carbocycles. The topological polar surface area (TPSA) is 70.4 Å². The molecule has 0 atom stereocenters. The van der Waals surface area contributed by atoms with Gasteiger partial charge in [0.15, 0.2) is 0 Å². The lowest BCUT2D eigenvalue weighted by molar-refractivity contribution is -0.136. The van der Waals surface area contributed by atoms with Crippen LogP contribution in [0.15, 0.2) is 5.76 Å². The minimum atomic E-state index is -1.26. The SMILES string of the molecule is CCOC(=C=N)C(=O)O.Cl. The van der Waals surface area contributed by atoms with Crippen molar-refractivity contribution in [1.29, 1.82) is 5.41 Å². The highest BCUT2D eigenvalue weighted by atomic mass is 35.5. The average molecular weight is 166 g/mol. The predicted octanol–water partition coefficient (Wildman–Crippen LogP) is 0.662. The largest absolute Gasteiger partial charge is 0.480 e. The zero-order chi connectivity index (χ0) is 7.28. The third-order valence-corrected chi connectivity index (χ3v) is 0.596. The zero-order valence-electron chi connectivity index (χ0n) is 5.38. The van der Waals surface area contributed by atoms with Crippen LogP contribution in [0.25, 0.3) is 0 Å². The molecule has 0 aromatic rings. The van der Waals surface area contributed by atoms with E-state index in [-0.39, 0.29) is 19.0 Å². The molecule has 0 spiro atoms. The third-order valence-electron chi connectivity index (χ3n) is 0.596. The molecule has 0 radical (unpaired) electrons. The van der Waals surface area contributed by atoms with Gasteiger partial charge in [-0.1, -0.05) is 0 Å². The van der Waals surface area contributed by atoms with Crippen LogP contribution < -0.4 is 0 Å². The number of hydrogen-bond donors (Lipinski definition) is 2. The van der Waals surface area contributed by atoms with E-state index in [1.165, 1.54) is 0 Å². The molecule has 5 heteroatoms. The lowest BCUT2D eigenvalue weighted by atomic mass is 10.5. The number of halogens is 1. The minimum absolute atomic E-state index is 0. The van der Waals surface area contributed by atoms with E-state index in [1.807, 2.05) is 0 Å². The number of ether oxygens (including phenoxy) is 1. The van der Waals surface area contributed by atoms with Crippen molar-refractivity contribution < 1.29 is 14.6 Å². The van der Waals surface area contributed by atoms with E-state index in [0.717, 1.165) is 0 Å². The van der Waals surface area contributed by atoms with Gasteiger partial charge in [0.2, 0.25) is 0 Å². The van der Waals surface area contributed by atoms with Gasteiger partial charge in [-0.25, -0.2) is 4.79 Å². The van der Waals surface area contributed by atoms with Crippen LogP contribution in [-0.2, 0) is 9.53 Å². The zero-order valence-corrected chi connectivity index (χ0v) is 6.20. The van der Waals surface area contributed by atoms with E-state index in [0.29, 0.717) is 0 Å². The van der Waals surface area contributed by atoms with Crippen molar-refractivity contribution in [1.82, 2.24) is 0 Å². The molecule has 4 nitrogen and oxygen atoms in total. The first-order valence-corrected chi connectivity index (χ1v) is 2.38. The molecule has 10 heavy (non-hydrogen) atoms. The smallest absolute Gasteiger partial charge is 0.381 e. The highest BCUT2D eigenvalue weighted by molar-refractivity contribution is 5.93. The van der Waals surface area contributed by atoms with Gasteiger partial charge in [0, 0.05) is 5.87 Å². The lowest BCUT2D eigenvalue weighted by Gasteiger charge is -1.96. The molecule has 0 saturated heterocycles. The van der Waals surface area contributed by atoms with Crippen LogP contribution in [0.5, 0.6) is 0 Å². The molecule has 0 aliphatic heterocycles. The Morgan fingerprint density at radius 2 is 2.30 bits per heavy atom. The molecule has 0 unspecified atom stereocenters. The Hall–Kier alpha value is -0.990. The van der Waals surface area contributed by atoms with Crippen molar-refractivity contribution >= 4 is 24.2 Å². The molecule has 58 valence electrons. The summed E-state index contributed by atoms with van der Waals surface area (Å²) in [5.41, 5.74) is 0.